The van der Waals surface area contributed by atoms with E-state index in [1.807, 2.05) is 0 Å². The predicted molar refractivity (Wildman–Crippen MR) is 136 cm³/mol. The fourth-order valence-corrected chi connectivity index (χ4v) is 4.66. The Balaban J connectivity index is 1.64. The minimum atomic E-state index is -0.678. The summed E-state index contributed by atoms with van der Waals surface area (Å²) < 4.78 is 18.1. The van der Waals surface area contributed by atoms with Crippen LogP contribution in [-0.2, 0) is 29.2 Å². The molecule has 2 N–H and O–H groups in total. The lowest BCUT2D eigenvalue weighted by atomic mass is 9.95. The van der Waals surface area contributed by atoms with Gasteiger partial charge in [0.25, 0.3) is 5.56 Å². The van der Waals surface area contributed by atoms with Gasteiger partial charge in [-0.1, -0.05) is 19.3 Å². The van der Waals surface area contributed by atoms with Crippen LogP contribution < -0.4 is 31.4 Å². The summed E-state index contributed by atoms with van der Waals surface area (Å²) in [5.41, 5.74) is -1.00. The molecule has 1 aliphatic rings. The molecule has 2 aromatic heterocycles. The van der Waals surface area contributed by atoms with Gasteiger partial charge in [0.05, 0.1) is 37.9 Å². The van der Waals surface area contributed by atoms with Crippen molar-refractivity contribution in [1.82, 2.24) is 19.8 Å². The summed E-state index contributed by atoms with van der Waals surface area (Å²) in [6.07, 6.45) is 6.46. The number of hydrogen-bond acceptors (Lipinski definition) is 7. The minimum Gasteiger partial charge on any atom is -0.493 e. The Morgan fingerprint density at radius 2 is 1.76 bits per heavy atom. The van der Waals surface area contributed by atoms with Crippen molar-refractivity contribution < 1.29 is 23.5 Å². The number of fused-ring (bicyclic) bond motifs is 1. The number of hydrogen-bond donors (Lipinski definition) is 2. The van der Waals surface area contributed by atoms with Crippen molar-refractivity contribution in [3.8, 4) is 11.5 Å². The average molecular weight is 513 g/mol. The van der Waals surface area contributed by atoms with E-state index in [0.29, 0.717) is 17.3 Å². The Morgan fingerprint density at radius 1 is 1.03 bits per heavy atom. The van der Waals surface area contributed by atoms with E-state index in [4.69, 9.17) is 13.9 Å². The number of furan rings is 1. The first-order chi connectivity index (χ1) is 17.9. The lowest BCUT2D eigenvalue weighted by molar-refractivity contribution is -0.123. The molecule has 2 heterocycles. The first kappa shape index (κ1) is 26.1. The van der Waals surface area contributed by atoms with Gasteiger partial charge >= 0.3 is 5.69 Å². The molecule has 37 heavy (non-hydrogen) atoms. The molecular formula is C26H32N4O7. The summed E-state index contributed by atoms with van der Waals surface area (Å²) >= 11 is 0. The van der Waals surface area contributed by atoms with Gasteiger partial charge in [-0.3, -0.25) is 23.5 Å². The molecule has 11 nitrogen and oxygen atoms in total. The van der Waals surface area contributed by atoms with E-state index in [-0.39, 0.29) is 54.8 Å². The van der Waals surface area contributed by atoms with E-state index in [9.17, 15) is 19.2 Å². The van der Waals surface area contributed by atoms with E-state index in [1.165, 1.54) is 37.2 Å². The number of nitrogens with one attached hydrogen (secondary N) is 2. The van der Waals surface area contributed by atoms with Crippen LogP contribution in [0.5, 0.6) is 11.5 Å². The molecule has 0 unspecified atom stereocenters. The highest BCUT2D eigenvalue weighted by Crippen LogP contribution is 2.30. The van der Waals surface area contributed by atoms with E-state index >= 15 is 0 Å². The normalized spacial score (nSPS) is 13.9. The molecule has 1 aliphatic carbocycles. The summed E-state index contributed by atoms with van der Waals surface area (Å²) in [5, 5.41) is 5.89. The van der Waals surface area contributed by atoms with Crippen LogP contribution in [0.2, 0.25) is 0 Å². The number of ether oxygens (including phenoxy) is 2. The highest BCUT2D eigenvalue weighted by molar-refractivity contribution is 5.84. The van der Waals surface area contributed by atoms with Crippen LogP contribution >= 0.6 is 0 Å². The molecule has 0 saturated heterocycles. The molecule has 3 aromatic rings. The van der Waals surface area contributed by atoms with Crippen LogP contribution in [0, 0.1) is 0 Å². The maximum absolute atomic E-state index is 13.5. The monoisotopic (exact) mass is 512 g/mol. The molecule has 0 bridgehead atoms. The molecule has 1 aromatic carbocycles. The molecule has 2 amide bonds. The third kappa shape index (κ3) is 6.04. The maximum Gasteiger partial charge on any atom is 0.331 e. The zero-order valence-electron chi connectivity index (χ0n) is 21.1. The number of aromatic nitrogens is 2. The van der Waals surface area contributed by atoms with Crippen LogP contribution in [-0.4, -0.2) is 41.2 Å². The maximum atomic E-state index is 13.5. The molecule has 11 heteroatoms. The predicted octanol–water partition coefficient (Wildman–Crippen LogP) is 1.93. The number of carbonyl (C=O) groups is 2. The Hall–Kier alpha value is -4.02. The second kappa shape index (κ2) is 11.8. The summed E-state index contributed by atoms with van der Waals surface area (Å²) in [6, 6.07) is 6.52. The van der Waals surface area contributed by atoms with Crippen molar-refractivity contribution in [2.24, 2.45) is 0 Å². The number of nitrogens with zero attached hydrogens (tertiary/aromatic N) is 2. The van der Waals surface area contributed by atoms with Gasteiger partial charge in [0.1, 0.15) is 12.3 Å². The van der Waals surface area contributed by atoms with Gasteiger partial charge in [0.2, 0.25) is 11.8 Å². The lowest BCUT2D eigenvalue weighted by Crippen LogP contribution is -2.45. The first-order valence-corrected chi connectivity index (χ1v) is 12.4. The van der Waals surface area contributed by atoms with Crippen molar-refractivity contribution in [3.63, 3.8) is 0 Å². The second-order valence-corrected chi connectivity index (χ2v) is 9.06. The molecule has 1 saturated carbocycles. The van der Waals surface area contributed by atoms with Crippen molar-refractivity contribution in [2.75, 3.05) is 14.2 Å². The van der Waals surface area contributed by atoms with Crippen LogP contribution in [0.15, 0.2) is 44.5 Å². The highest BCUT2D eigenvalue weighted by Gasteiger charge is 2.21. The van der Waals surface area contributed by atoms with Crippen molar-refractivity contribution >= 4 is 22.7 Å². The van der Waals surface area contributed by atoms with Gasteiger partial charge in [-0.15, -0.1) is 0 Å². The van der Waals surface area contributed by atoms with E-state index in [2.05, 4.69) is 10.6 Å². The van der Waals surface area contributed by atoms with E-state index < -0.39 is 11.2 Å². The second-order valence-electron chi connectivity index (χ2n) is 9.06. The van der Waals surface area contributed by atoms with E-state index in [0.717, 1.165) is 36.7 Å². The molecule has 198 valence electrons. The van der Waals surface area contributed by atoms with Gasteiger partial charge in [-0.25, -0.2) is 4.79 Å². The van der Waals surface area contributed by atoms with Gasteiger partial charge in [-0.2, -0.15) is 0 Å². The third-order valence-corrected chi connectivity index (χ3v) is 6.60. The summed E-state index contributed by atoms with van der Waals surface area (Å²) in [7, 11) is 2.89. The summed E-state index contributed by atoms with van der Waals surface area (Å²) in [6.45, 7) is -0.233. The van der Waals surface area contributed by atoms with Gasteiger partial charge in [-0.05, 0) is 31.0 Å². The highest BCUT2D eigenvalue weighted by atomic mass is 16.5. The van der Waals surface area contributed by atoms with Crippen LogP contribution in [0.4, 0.5) is 0 Å². The number of methoxy groups -OCH3 is 2. The topological polar surface area (TPSA) is 134 Å². The van der Waals surface area contributed by atoms with Crippen LogP contribution in [0.3, 0.4) is 0 Å². The zero-order chi connectivity index (χ0) is 26.4. The molecule has 4 rings (SSSR count). The number of benzene rings is 1. The number of rotatable bonds is 10. The van der Waals surface area contributed by atoms with Crippen molar-refractivity contribution in [2.45, 2.75) is 64.2 Å². The van der Waals surface area contributed by atoms with Crippen LogP contribution in [0.1, 0.15) is 44.3 Å². The van der Waals surface area contributed by atoms with Crippen molar-refractivity contribution in [3.05, 3.63) is 57.1 Å². The number of amides is 2. The average Bonchev–Trinajstić information content (AvgIpc) is 3.43. The first-order valence-electron chi connectivity index (χ1n) is 12.4. The van der Waals surface area contributed by atoms with Gasteiger partial charge in [0, 0.05) is 25.1 Å². The molecule has 0 aliphatic heterocycles. The minimum absolute atomic E-state index is 0.0709. The SMILES string of the molecule is COc1cc2c(=O)n(CCC(=O)NCc3ccco3)c(=O)n(CC(=O)NC3CCCCC3)c2cc1OC. The van der Waals surface area contributed by atoms with Crippen LogP contribution in [0.25, 0.3) is 10.9 Å². The number of carbonyl (C=O) groups excluding carboxylic acids is 2. The smallest absolute Gasteiger partial charge is 0.331 e. The standard InChI is InChI=1S/C26H32N4O7/c1-35-21-13-19-20(14-22(21)36-2)30(16-24(32)28-17-7-4-3-5-8-17)26(34)29(25(19)33)11-10-23(31)27-15-18-9-6-12-37-18/h6,9,12-14,17H,3-5,7-8,10-11,15-16H2,1-2H3,(H,27,31)(H,28,32). The Morgan fingerprint density at radius 3 is 2.43 bits per heavy atom. The Kier molecular flexibility index (Phi) is 8.32. The third-order valence-electron chi connectivity index (χ3n) is 6.60. The largest absolute Gasteiger partial charge is 0.493 e. The Labute approximate surface area is 213 Å². The summed E-state index contributed by atoms with van der Waals surface area (Å²) in [4.78, 5) is 52.1. The molecular weight excluding hydrogens is 480 g/mol. The molecule has 1 fully saturated rings. The van der Waals surface area contributed by atoms with E-state index in [1.54, 1.807) is 12.1 Å². The van der Waals surface area contributed by atoms with Crippen molar-refractivity contribution in [1.29, 1.82) is 0 Å². The fraction of sp³-hybridized carbons (Fsp3) is 0.462. The van der Waals surface area contributed by atoms with Gasteiger partial charge in [0.15, 0.2) is 11.5 Å². The van der Waals surface area contributed by atoms with Gasteiger partial charge < -0.3 is 24.5 Å². The Bertz CT molecular complexity index is 1370. The fourth-order valence-electron chi connectivity index (χ4n) is 4.66. The lowest BCUT2D eigenvalue weighted by Gasteiger charge is -2.23. The summed E-state index contributed by atoms with van der Waals surface area (Å²) in [5.74, 6) is 0.559. The quantitative estimate of drug-likeness (QED) is 0.424. The molecule has 0 atom stereocenters. The molecule has 0 radical (unpaired) electrons. The molecule has 0 spiro atoms. The zero-order valence-corrected chi connectivity index (χ0v) is 21.1.